The molecule has 6 heteroatoms. The molecule has 1 saturated heterocycles. The van der Waals surface area contributed by atoms with Crippen LogP contribution in [0.25, 0.3) is 0 Å². The van der Waals surface area contributed by atoms with E-state index in [-0.39, 0.29) is 11.9 Å². The standard InChI is InChI=1S/C26H37N5O/c1-19-10-12-20(13-11-19)26(14-6-5-7-15-26)25(32)31(4)18-21-17-23(30(2)3)29-24(28-21)22-9-8-16-27-22/h10-13,17,22,27H,5-9,14-16,18H2,1-4H3/t22-/m1/s1. The highest BCUT2D eigenvalue weighted by atomic mass is 16.2. The predicted molar refractivity (Wildman–Crippen MR) is 129 cm³/mol. The topological polar surface area (TPSA) is 61.4 Å². The number of amides is 1. The van der Waals surface area contributed by atoms with Gasteiger partial charge in [0.05, 0.1) is 23.7 Å². The maximum absolute atomic E-state index is 13.9. The number of hydrogen-bond acceptors (Lipinski definition) is 5. The van der Waals surface area contributed by atoms with Crippen LogP contribution in [0.5, 0.6) is 0 Å². The summed E-state index contributed by atoms with van der Waals surface area (Å²) in [6, 6.07) is 10.8. The van der Waals surface area contributed by atoms with Gasteiger partial charge < -0.3 is 15.1 Å². The van der Waals surface area contributed by atoms with Gasteiger partial charge in [-0.25, -0.2) is 9.97 Å². The Morgan fingerprint density at radius 1 is 1.06 bits per heavy atom. The number of carbonyl (C=O) groups excluding carboxylic acids is 1. The fourth-order valence-corrected chi connectivity index (χ4v) is 5.21. The molecule has 172 valence electrons. The smallest absolute Gasteiger partial charge is 0.233 e. The number of rotatable bonds is 6. The second-order valence-corrected chi connectivity index (χ2v) is 9.79. The summed E-state index contributed by atoms with van der Waals surface area (Å²) in [4.78, 5) is 27.5. The number of carbonyl (C=O) groups is 1. The number of aryl methyl sites for hydroxylation is 1. The van der Waals surface area contributed by atoms with Crippen molar-refractivity contribution in [3.8, 4) is 0 Å². The number of benzene rings is 1. The summed E-state index contributed by atoms with van der Waals surface area (Å²) in [5.74, 6) is 1.95. The lowest BCUT2D eigenvalue weighted by atomic mass is 9.68. The molecular weight excluding hydrogens is 398 g/mol. The molecule has 0 radical (unpaired) electrons. The minimum absolute atomic E-state index is 0.201. The summed E-state index contributed by atoms with van der Waals surface area (Å²) in [7, 11) is 5.93. The van der Waals surface area contributed by atoms with E-state index in [0.717, 1.165) is 68.0 Å². The second kappa shape index (κ2) is 9.57. The average molecular weight is 436 g/mol. The molecule has 1 aromatic heterocycles. The van der Waals surface area contributed by atoms with E-state index in [2.05, 4.69) is 36.5 Å². The Bertz CT molecular complexity index is 928. The highest BCUT2D eigenvalue weighted by Crippen LogP contribution is 2.41. The molecule has 2 fully saturated rings. The van der Waals surface area contributed by atoms with Crippen molar-refractivity contribution < 1.29 is 4.79 Å². The van der Waals surface area contributed by atoms with Crippen molar-refractivity contribution in [1.82, 2.24) is 20.2 Å². The van der Waals surface area contributed by atoms with Crippen LogP contribution < -0.4 is 10.2 Å². The van der Waals surface area contributed by atoms with E-state index < -0.39 is 5.41 Å². The van der Waals surface area contributed by atoms with Gasteiger partial charge in [0, 0.05) is 27.2 Å². The van der Waals surface area contributed by atoms with Crippen LogP contribution in [0, 0.1) is 6.92 Å². The van der Waals surface area contributed by atoms with E-state index in [0.29, 0.717) is 6.54 Å². The molecule has 1 amide bonds. The Balaban J connectivity index is 1.61. The number of nitrogens with zero attached hydrogens (tertiary/aromatic N) is 4. The lowest BCUT2D eigenvalue weighted by Crippen LogP contribution is -2.46. The fourth-order valence-electron chi connectivity index (χ4n) is 5.21. The van der Waals surface area contributed by atoms with Crippen LogP contribution in [0.4, 0.5) is 5.82 Å². The fraction of sp³-hybridized carbons (Fsp3) is 0.577. The Hall–Kier alpha value is -2.47. The summed E-state index contributed by atoms with van der Waals surface area (Å²) in [6.45, 7) is 3.60. The zero-order valence-corrected chi connectivity index (χ0v) is 20.0. The molecule has 1 aliphatic carbocycles. The number of aromatic nitrogens is 2. The molecule has 2 aromatic rings. The zero-order valence-electron chi connectivity index (χ0n) is 20.0. The Morgan fingerprint density at radius 2 is 1.78 bits per heavy atom. The first kappa shape index (κ1) is 22.7. The van der Waals surface area contributed by atoms with Crippen LogP contribution >= 0.6 is 0 Å². The van der Waals surface area contributed by atoms with Crippen LogP contribution in [-0.2, 0) is 16.8 Å². The molecule has 0 spiro atoms. The van der Waals surface area contributed by atoms with Crippen molar-refractivity contribution in [3.05, 3.63) is 53.0 Å². The third kappa shape index (κ3) is 4.65. The minimum atomic E-state index is -0.423. The molecule has 0 bridgehead atoms. The Kier molecular flexibility index (Phi) is 6.79. The van der Waals surface area contributed by atoms with Gasteiger partial charge in [-0.1, -0.05) is 49.1 Å². The summed E-state index contributed by atoms with van der Waals surface area (Å²) < 4.78 is 0. The molecule has 2 heterocycles. The first-order valence-electron chi connectivity index (χ1n) is 12.0. The van der Waals surface area contributed by atoms with Crippen molar-refractivity contribution in [2.24, 2.45) is 0 Å². The van der Waals surface area contributed by atoms with Crippen LogP contribution in [0.3, 0.4) is 0 Å². The van der Waals surface area contributed by atoms with E-state index >= 15 is 0 Å². The van der Waals surface area contributed by atoms with Crippen LogP contribution in [0.15, 0.2) is 30.3 Å². The van der Waals surface area contributed by atoms with Crippen molar-refractivity contribution in [2.45, 2.75) is 69.9 Å². The van der Waals surface area contributed by atoms with Gasteiger partial charge in [-0.3, -0.25) is 4.79 Å². The summed E-state index contributed by atoms with van der Waals surface area (Å²) in [5, 5.41) is 3.50. The monoisotopic (exact) mass is 435 g/mol. The summed E-state index contributed by atoms with van der Waals surface area (Å²) >= 11 is 0. The van der Waals surface area contributed by atoms with Crippen molar-refractivity contribution in [1.29, 1.82) is 0 Å². The zero-order chi connectivity index (χ0) is 22.7. The van der Waals surface area contributed by atoms with Crippen molar-refractivity contribution in [2.75, 3.05) is 32.6 Å². The molecule has 1 N–H and O–H groups in total. The third-order valence-corrected chi connectivity index (χ3v) is 7.08. The number of nitrogens with one attached hydrogen (secondary N) is 1. The highest BCUT2D eigenvalue weighted by Gasteiger charge is 2.42. The van der Waals surface area contributed by atoms with Gasteiger partial charge in [-0.15, -0.1) is 0 Å². The van der Waals surface area contributed by atoms with Crippen LogP contribution in [0.2, 0.25) is 0 Å². The SMILES string of the molecule is Cc1ccc(C2(C(=O)N(C)Cc3cc(N(C)C)nc([C@H]4CCCN4)n3)CCCCC2)cc1. The van der Waals surface area contributed by atoms with Crippen molar-refractivity contribution in [3.63, 3.8) is 0 Å². The summed E-state index contributed by atoms with van der Waals surface area (Å²) in [6.07, 6.45) is 7.45. The maximum atomic E-state index is 13.9. The van der Waals surface area contributed by atoms with Gasteiger partial charge >= 0.3 is 0 Å². The lowest BCUT2D eigenvalue weighted by Gasteiger charge is -2.39. The first-order chi connectivity index (χ1) is 15.4. The maximum Gasteiger partial charge on any atom is 0.233 e. The molecule has 1 saturated carbocycles. The van der Waals surface area contributed by atoms with E-state index in [1.54, 1.807) is 0 Å². The van der Waals surface area contributed by atoms with E-state index in [1.165, 1.54) is 12.0 Å². The Morgan fingerprint density at radius 3 is 2.41 bits per heavy atom. The lowest BCUT2D eigenvalue weighted by molar-refractivity contribution is -0.138. The quantitative estimate of drug-likeness (QED) is 0.739. The van der Waals surface area contributed by atoms with Crippen LogP contribution in [-0.4, -0.2) is 48.5 Å². The van der Waals surface area contributed by atoms with Gasteiger partial charge in [0.15, 0.2) is 0 Å². The molecule has 0 unspecified atom stereocenters. The van der Waals surface area contributed by atoms with Gasteiger partial charge in [0.25, 0.3) is 0 Å². The van der Waals surface area contributed by atoms with Crippen LogP contribution in [0.1, 0.15) is 73.6 Å². The van der Waals surface area contributed by atoms with E-state index in [9.17, 15) is 4.79 Å². The predicted octanol–water partition coefficient (Wildman–Crippen LogP) is 4.14. The minimum Gasteiger partial charge on any atom is -0.363 e. The molecule has 6 nitrogen and oxygen atoms in total. The molecule has 1 aromatic carbocycles. The first-order valence-corrected chi connectivity index (χ1v) is 12.0. The highest BCUT2D eigenvalue weighted by molar-refractivity contribution is 5.88. The number of hydrogen-bond donors (Lipinski definition) is 1. The summed E-state index contributed by atoms with van der Waals surface area (Å²) in [5.41, 5.74) is 2.87. The largest absolute Gasteiger partial charge is 0.363 e. The van der Waals surface area contributed by atoms with Gasteiger partial charge in [-0.05, 0) is 44.7 Å². The molecular formula is C26H37N5O. The second-order valence-electron chi connectivity index (χ2n) is 9.79. The van der Waals surface area contributed by atoms with Gasteiger partial charge in [0.1, 0.15) is 11.6 Å². The van der Waals surface area contributed by atoms with E-state index in [1.807, 2.05) is 37.0 Å². The molecule has 1 atom stereocenters. The molecule has 1 aliphatic heterocycles. The average Bonchev–Trinajstić information content (AvgIpc) is 3.34. The molecule has 2 aliphatic rings. The van der Waals surface area contributed by atoms with Gasteiger partial charge in [-0.2, -0.15) is 0 Å². The van der Waals surface area contributed by atoms with E-state index in [4.69, 9.17) is 9.97 Å². The third-order valence-electron chi connectivity index (χ3n) is 7.08. The molecule has 4 rings (SSSR count). The number of likely N-dealkylation sites (N-methyl/N-ethyl adjacent to an activating group) is 1. The van der Waals surface area contributed by atoms with Crippen molar-refractivity contribution >= 4 is 11.7 Å². The Labute approximate surface area is 192 Å². The van der Waals surface area contributed by atoms with Gasteiger partial charge in [0.2, 0.25) is 5.91 Å². The number of anilines is 1. The molecule has 32 heavy (non-hydrogen) atoms. The normalized spacial score (nSPS) is 20.2.